The number of ether oxygens (including phenoxy) is 1. The van der Waals surface area contributed by atoms with E-state index >= 15 is 0 Å². The molecule has 3 N–H and O–H groups in total. The molecule has 2 atom stereocenters. The van der Waals surface area contributed by atoms with Gasteiger partial charge in [0.2, 0.25) is 0 Å². The van der Waals surface area contributed by atoms with Crippen LogP contribution in [0.5, 0.6) is 0 Å². The molecule has 0 aromatic heterocycles. The Kier molecular flexibility index (Phi) is 6.74. The van der Waals surface area contributed by atoms with E-state index in [1.165, 1.54) is 0 Å². The first-order valence-corrected chi connectivity index (χ1v) is 6.94. The van der Waals surface area contributed by atoms with Gasteiger partial charge in [0, 0.05) is 25.7 Å². The Morgan fingerprint density at radius 3 is 2.70 bits per heavy atom. The van der Waals surface area contributed by atoms with Crippen LogP contribution < -0.4 is 10.6 Å². The number of nitrogens with one attached hydrogen (secondary N) is 2. The van der Waals surface area contributed by atoms with Gasteiger partial charge in [-0.15, -0.1) is 0 Å². The highest BCUT2D eigenvalue weighted by atomic mass is 16.5. The molecule has 0 spiro atoms. The van der Waals surface area contributed by atoms with Crippen LogP contribution in [0.15, 0.2) is 0 Å². The van der Waals surface area contributed by atoms with Crippen molar-refractivity contribution in [1.82, 2.24) is 15.5 Å². The Morgan fingerprint density at radius 1 is 1.45 bits per heavy atom. The summed E-state index contributed by atoms with van der Waals surface area (Å²) in [6.45, 7) is 6.53. The molecule has 0 aromatic rings. The maximum absolute atomic E-state index is 11.8. The summed E-state index contributed by atoms with van der Waals surface area (Å²) in [6, 6.07) is -0.718. The summed E-state index contributed by atoms with van der Waals surface area (Å²) in [5.74, 6) is -0.852. The number of hydrogen-bond acceptors (Lipinski definition) is 4. The average molecular weight is 287 g/mol. The summed E-state index contributed by atoms with van der Waals surface area (Å²) in [7, 11) is 2.01. The van der Waals surface area contributed by atoms with Crippen molar-refractivity contribution in [3.8, 4) is 0 Å². The van der Waals surface area contributed by atoms with Crippen LogP contribution in [-0.2, 0) is 9.53 Å². The van der Waals surface area contributed by atoms with Crippen LogP contribution in [-0.4, -0.2) is 67.4 Å². The van der Waals surface area contributed by atoms with Gasteiger partial charge in [0.25, 0.3) is 0 Å². The van der Waals surface area contributed by atoms with Crippen LogP contribution in [0.3, 0.4) is 0 Å². The van der Waals surface area contributed by atoms with Gasteiger partial charge in [-0.1, -0.05) is 13.8 Å². The van der Waals surface area contributed by atoms with Crippen molar-refractivity contribution in [3.63, 3.8) is 0 Å². The first kappa shape index (κ1) is 16.7. The zero-order chi connectivity index (χ0) is 15.1. The minimum atomic E-state index is -0.916. The molecule has 116 valence electrons. The number of rotatable bonds is 6. The van der Waals surface area contributed by atoms with Gasteiger partial charge in [-0.25, -0.2) is 4.79 Å². The van der Waals surface area contributed by atoms with Gasteiger partial charge in [-0.2, -0.15) is 0 Å². The van der Waals surface area contributed by atoms with E-state index in [1.807, 2.05) is 20.9 Å². The van der Waals surface area contributed by atoms with Crippen LogP contribution >= 0.6 is 0 Å². The second-order valence-corrected chi connectivity index (χ2v) is 5.56. The standard InChI is InChI=1S/C13H25N3O4/c1-9(2)11(6-12(17)18)15-13(19)14-7-10-8-16(3)4-5-20-10/h9-11H,4-8H2,1-3H3,(H,17,18)(H2,14,15,19). The molecule has 7 heteroatoms. The molecule has 20 heavy (non-hydrogen) atoms. The van der Waals surface area contributed by atoms with Gasteiger partial charge >= 0.3 is 12.0 Å². The number of hydrogen-bond donors (Lipinski definition) is 3. The largest absolute Gasteiger partial charge is 0.481 e. The van der Waals surface area contributed by atoms with E-state index in [0.717, 1.165) is 13.1 Å². The van der Waals surface area contributed by atoms with Crippen molar-refractivity contribution in [2.75, 3.05) is 33.3 Å². The molecule has 1 aliphatic rings. The zero-order valence-electron chi connectivity index (χ0n) is 12.4. The molecule has 0 saturated carbocycles. The van der Waals surface area contributed by atoms with Crippen molar-refractivity contribution in [2.24, 2.45) is 5.92 Å². The Hall–Kier alpha value is -1.34. The number of carboxylic acids is 1. The summed E-state index contributed by atoms with van der Waals surface area (Å²) in [5, 5.41) is 14.2. The predicted molar refractivity (Wildman–Crippen MR) is 74.7 cm³/mol. The number of likely N-dealkylation sites (N-methyl/N-ethyl adjacent to an activating group) is 1. The lowest BCUT2D eigenvalue weighted by Gasteiger charge is -2.30. The molecule has 0 aromatic carbocycles. The highest BCUT2D eigenvalue weighted by molar-refractivity contribution is 5.75. The molecule has 1 rings (SSSR count). The fourth-order valence-corrected chi connectivity index (χ4v) is 2.06. The molecule has 1 fully saturated rings. The molecule has 2 amide bonds. The molecule has 0 aliphatic carbocycles. The molecule has 0 bridgehead atoms. The lowest BCUT2D eigenvalue weighted by atomic mass is 10.0. The van der Waals surface area contributed by atoms with E-state index in [1.54, 1.807) is 0 Å². The maximum atomic E-state index is 11.8. The van der Waals surface area contributed by atoms with Crippen molar-refractivity contribution >= 4 is 12.0 Å². The number of aliphatic carboxylic acids is 1. The third-order valence-electron chi connectivity index (χ3n) is 3.35. The van der Waals surface area contributed by atoms with E-state index < -0.39 is 5.97 Å². The lowest BCUT2D eigenvalue weighted by molar-refractivity contribution is -0.137. The first-order valence-electron chi connectivity index (χ1n) is 6.94. The van der Waals surface area contributed by atoms with Gasteiger partial charge in [0.05, 0.1) is 19.1 Å². The lowest BCUT2D eigenvalue weighted by Crippen LogP contribution is -2.50. The van der Waals surface area contributed by atoms with E-state index in [0.29, 0.717) is 13.2 Å². The van der Waals surface area contributed by atoms with Crippen molar-refractivity contribution in [3.05, 3.63) is 0 Å². The Balaban J connectivity index is 2.32. The highest BCUT2D eigenvalue weighted by Gasteiger charge is 2.21. The van der Waals surface area contributed by atoms with Crippen LogP contribution in [0.4, 0.5) is 4.79 Å². The van der Waals surface area contributed by atoms with Gasteiger partial charge < -0.3 is 25.4 Å². The van der Waals surface area contributed by atoms with E-state index in [4.69, 9.17) is 9.84 Å². The van der Waals surface area contributed by atoms with Gasteiger partial charge in [-0.3, -0.25) is 4.79 Å². The van der Waals surface area contributed by atoms with Gasteiger partial charge in [0.15, 0.2) is 0 Å². The smallest absolute Gasteiger partial charge is 0.315 e. The normalized spacial score (nSPS) is 21.5. The summed E-state index contributed by atoms with van der Waals surface area (Å²) in [4.78, 5) is 24.7. The number of carboxylic acid groups (broad SMARTS) is 1. The number of carbonyl (C=O) groups is 2. The highest BCUT2D eigenvalue weighted by Crippen LogP contribution is 2.06. The number of carbonyl (C=O) groups excluding carboxylic acids is 1. The third-order valence-corrected chi connectivity index (χ3v) is 3.35. The molecule has 2 unspecified atom stereocenters. The zero-order valence-corrected chi connectivity index (χ0v) is 12.4. The minimum Gasteiger partial charge on any atom is -0.481 e. The second-order valence-electron chi connectivity index (χ2n) is 5.56. The molecule has 1 saturated heterocycles. The number of urea groups is 1. The van der Waals surface area contributed by atoms with Crippen molar-refractivity contribution in [1.29, 1.82) is 0 Å². The fraction of sp³-hybridized carbons (Fsp3) is 0.846. The van der Waals surface area contributed by atoms with Crippen LogP contribution in [0.1, 0.15) is 20.3 Å². The summed E-state index contributed by atoms with van der Waals surface area (Å²) in [6.07, 6.45) is -0.0928. The number of morpholine rings is 1. The van der Waals surface area contributed by atoms with Crippen molar-refractivity contribution < 1.29 is 19.4 Å². The Morgan fingerprint density at radius 2 is 2.15 bits per heavy atom. The quantitative estimate of drug-likeness (QED) is 0.645. The van der Waals surface area contributed by atoms with Crippen LogP contribution in [0.2, 0.25) is 0 Å². The second kappa shape index (κ2) is 8.06. The maximum Gasteiger partial charge on any atom is 0.315 e. The molecular formula is C13H25N3O4. The molecular weight excluding hydrogens is 262 g/mol. The van der Waals surface area contributed by atoms with Gasteiger partial charge in [0.1, 0.15) is 0 Å². The SMILES string of the molecule is CC(C)C(CC(=O)O)NC(=O)NCC1CN(C)CCO1. The minimum absolute atomic E-state index is 0.0172. The number of amides is 2. The van der Waals surface area contributed by atoms with Crippen LogP contribution in [0, 0.1) is 5.92 Å². The van der Waals surface area contributed by atoms with E-state index in [9.17, 15) is 9.59 Å². The van der Waals surface area contributed by atoms with E-state index in [-0.39, 0.29) is 30.5 Å². The molecule has 0 radical (unpaired) electrons. The average Bonchev–Trinajstić information content (AvgIpc) is 2.35. The fourth-order valence-electron chi connectivity index (χ4n) is 2.06. The van der Waals surface area contributed by atoms with Gasteiger partial charge in [-0.05, 0) is 13.0 Å². The number of nitrogens with zero attached hydrogens (tertiary/aromatic N) is 1. The predicted octanol–water partition coefficient (Wildman–Crippen LogP) is 0.116. The summed E-state index contributed by atoms with van der Waals surface area (Å²) in [5.41, 5.74) is 0. The topological polar surface area (TPSA) is 90.9 Å². The monoisotopic (exact) mass is 287 g/mol. The Bertz CT molecular complexity index is 336. The summed E-state index contributed by atoms with van der Waals surface area (Å²) >= 11 is 0. The summed E-state index contributed by atoms with van der Waals surface area (Å²) < 4.78 is 5.54. The third kappa shape index (κ3) is 6.21. The molecule has 1 heterocycles. The Labute approximate surface area is 119 Å². The van der Waals surface area contributed by atoms with Crippen LogP contribution in [0.25, 0.3) is 0 Å². The van der Waals surface area contributed by atoms with Crippen molar-refractivity contribution in [2.45, 2.75) is 32.4 Å². The molecule has 1 aliphatic heterocycles. The van der Waals surface area contributed by atoms with E-state index in [2.05, 4.69) is 15.5 Å². The molecule has 7 nitrogen and oxygen atoms in total. The first-order chi connectivity index (χ1) is 9.38.